The molecule has 29 heavy (non-hydrogen) atoms. The average Bonchev–Trinajstić information content (AvgIpc) is 2.71. The lowest BCUT2D eigenvalue weighted by atomic mass is 9.92. The first-order chi connectivity index (χ1) is 14.0. The van der Waals surface area contributed by atoms with Crippen LogP contribution in [0.25, 0.3) is 0 Å². The number of fused-ring (bicyclic) bond motifs is 1. The predicted molar refractivity (Wildman–Crippen MR) is 110 cm³/mol. The zero-order chi connectivity index (χ0) is 20.4. The van der Waals surface area contributed by atoms with Crippen molar-refractivity contribution < 1.29 is 9.59 Å². The van der Waals surface area contributed by atoms with Crippen molar-refractivity contribution in [3.63, 3.8) is 0 Å². The van der Waals surface area contributed by atoms with Gasteiger partial charge in [0, 0.05) is 26.1 Å². The molecule has 0 saturated carbocycles. The van der Waals surface area contributed by atoms with Gasteiger partial charge >= 0.3 is 0 Å². The van der Waals surface area contributed by atoms with Crippen LogP contribution in [0, 0.1) is 5.92 Å². The van der Waals surface area contributed by atoms with E-state index in [0.29, 0.717) is 18.4 Å². The van der Waals surface area contributed by atoms with E-state index in [1.54, 1.807) is 0 Å². The fourth-order valence-electron chi connectivity index (χ4n) is 4.02. The highest BCUT2D eigenvalue weighted by Crippen LogP contribution is 2.30. The Morgan fingerprint density at radius 1 is 1.28 bits per heavy atom. The van der Waals surface area contributed by atoms with Gasteiger partial charge in [-0.2, -0.15) is 4.98 Å². The van der Waals surface area contributed by atoms with Crippen LogP contribution in [-0.4, -0.2) is 34.9 Å². The third-order valence-corrected chi connectivity index (χ3v) is 5.52. The largest absolute Gasteiger partial charge is 0.351 e. The van der Waals surface area contributed by atoms with E-state index < -0.39 is 5.92 Å². The van der Waals surface area contributed by atoms with Gasteiger partial charge in [0.15, 0.2) is 0 Å². The van der Waals surface area contributed by atoms with Crippen molar-refractivity contribution in [1.29, 1.82) is 0 Å². The number of aromatic amines is 1. The molecular weight excluding hydrogens is 370 g/mol. The highest BCUT2D eigenvalue weighted by molar-refractivity contribution is 6.00. The Kier molecular flexibility index (Phi) is 5.33. The van der Waals surface area contributed by atoms with Crippen LogP contribution in [0.2, 0.25) is 0 Å². The van der Waals surface area contributed by atoms with Crippen LogP contribution in [0.5, 0.6) is 0 Å². The molecule has 2 aromatic rings. The van der Waals surface area contributed by atoms with Crippen molar-refractivity contribution in [2.75, 3.05) is 23.3 Å². The van der Waals surface area contributed by atoms with Crippen LogP contribution in [0.15, 0.2) is 35.1 Å². The first-order valence-electron chi connectivity index (χ1n) is 10.0. The van der Waals surface area contributed by atoms with Gasteiger partial charge in [-0.05, 0) is 24.3 Å². The standard InChI is InChI=1S/C21H25N5O3/c1-13-6-5-9-26(12-13)21-24-18-17(20(29)25-21)15(10-16(27)23-18)19(28)22-11-14-7-3-2-4-8-14/h2-4,7-8,13,15H,5-6,9-12H2,1H3,(H,22,28)(H2,23,24,25,27,29)/t13-,15+/m0/s1. The predicted octanol–water partition coefficient (Wildman–Crippen LogP) is 1.75. The Morgan fingerprint density at radius 3 is 2.83 bits per heavy atom. The van der Waals surface area contributed by atoms with E-state index in [2.05, 4.69) is 27.5 Å². The number of hydrogen-bond acceptors (Lipinski definition) is 5. The smallest absolute Gasteiger partial charge is 0.258 e. The molecule has 1 aromatic heterocycles. The topological polar surface area (TPSA) is 107 Å². The lowest BCUT2D eigenvalue weighted by Crippen LogP contribution is -2.41. The maximum Gasteiger partial charge on any atom is 0.258 e. The van der Waals surface area contributed by atoms with Crippen LogP contribution in [0.1, 0.15) is 43.2 Å². The molecule has 0 aliphatic carbocycles. The molecule has 8 nitrogen and oxygen atoms in total. The number of hydrogen-bond donors (Lipinski definition) is 3. The third-order valence-electron chi connectivity index (χ3n) is 5.52. The van der Waals surface area contributed by atoms with Crippen molar-refractivity contribution in [3.8, 4) is 0 Å². The molecule has 0 bridgehead atoms. The molecule has 4 rings (SSSR count). The summed E-state index contributed by atoms with van der Waals surface area (Å²) in [6, 6.07) is 9.49. The van der Waals surface area contributed by atoms with E-state index in [0.717, 1.165) is 31.5 Å². The minimum absolute atomic E-state index is 0.0710. The molecule has 0 spiro atoms. The number of carbonyl (C=O) groups excluding carboxylic acids is 2. The normalized spacial score (nSPS) is 21.3. The minimum Gasteiger partial charge on any atom is -0.351 e. The molecule has 2 aliphatic rings. The number of amides is 2. The molecule has 1 aromatic carbocycles. The van der Waals surface area contributed by atoms with Crippen molar-refractivity contribution in [2.45, 2.75) is 38.6 Å². The van der Waals surface area contributed by atoms with Crippen molar-refractivity contribution in [3.05, 3.63) is 51.8 Å². The highest BCUT2D eigenvalue weighted by Gasteiger charge is 2.35. The first kappa shape index (κ1) is 19.2. The van der Waals surface area contributed by atoms with Gasteiger partial charge in [0.1, 0.15) is 5.82 Å². The SMILES string of the molecule is C[C@H]1CCCN(c2nc3c(c(=O)[nH]2)[C@H](C(=O)NCc2ccccc2)CC(=O)N3)C1. The number of piperidine rings is 1. The van der Waals surface area contributed by atoms with Gasteiger partial charge in [0.05, 0.1) is 11.5 Å². The van der Waals surface area contributed by atoms with E-state index in [9.17, 15) is 14.4 Å². The van der Waals surface area contributed by atoms with Crippen LogP contribution < -0.4 is 21.1 Å². The van der Waals surface area contributed by atoms with Crippen LogP contribution in [0.3, 0.4) is 0 Å². The van der Waals surface area contributed by atoms with E-state index in [1.165, 1.54) is 0 Å². The van der Waals surface area contributed by atoms with Gasteiger partial charge in [-0.15, -0.1) is 0 Å². The molecule has 1 saturated heterocycles. The fourth-order valence-corrected chi connectivity index (χ4v) is 4.02. The number of benzene rings is 1. The Hall–Kier alpha value is -3.16. The Bertz CT molecular complexity index is 972. The summed E-state index contributed by atoms with van der Waals surface area (Å²) in [5.74, 6) is -0.363. The van der Waals surface area contributed by atoms with Crippen LogP contribution >= 0.6 is 0 Å². The molecular formula is C21H25N5O3. The number of rotatable bonds is 4. The summed E-state index contributed by atoms with van der Waals surface area (Å²) in [6.45, 7) is 4.11. The summed E-state index contributed by atoms with van der Waals surface area (Å²) in [5, 5.41) is 5.50. The molecule has 0 unspecified atom stereocenters. The number of aromatic nitrogens is 2. The number of carbonyl (C=O) groups is 2. The summed E-state index contributed by atoms with van der Waals surface area (Å²) in [5.41, 5.74) is 0.801. The molecule has 3 N–H and O–H groups in total. The third kappa shape index (κ3) is 4.16. The zero-order valence-corrected chi connectivity index (χ0v) is 16.4. The van der Waals surface area contributed by atoms with E-state index >= 15 is 0 Å². The quantitative estimate of drug-likeness (QED) is 0.731. The number of anilines is 2. The maximum atomic E-state index is 12.9. The molecule has 3 heterocycles. The second-order valence-electron chi connectivity index (χ2n) is 7.85. The first-order valence-corrected chi connectivity index (χ1v) is 10.0. The fraction of sp³-hybridized carbons (Fsp3) is 0.429. The van der Waals surface area contributed by atoms with E-state index in [4.69, 9.17) is 0 Å². The Labute approximate surface area is 168 Å². The summed E-state index contributed by atoms with van der Waals surface area (Å²) in [6.07, 6.45) is 2.10. The monoisotopic (exact) mass is 395 g/mol. The number of nitrogens with one attached hydrogen (secondary N) is 3. The van der Waals surface area contributed by atoms with Crippen molar-refractivity contribution >= 4 is 23.6 Å². The van der Waals surface area contributed by atoms with Gasteiger partial charge in [-0.25, -0.2) is 0 Å². The summed E-state index contributed by atoms with van der Waals surface area (Å²) >= 11 is 0. The van der Waals surface area contributed by atoms with Gasteiger partial charge < -0.3 is 15.5 Å². The average molecular weight is 395 g/mol. The number of nitrogens with zero attached hydrogens (tertiary/aromatic N) is 2. The second-order valence-corrected chi connectivity index (χ2v) is 7.85. The molecule has 2 atom stereocenters. The van der Waals surface area contributed by atoms with Crippen molar-refractivity contribution in [2.24, 2.45) is 5.92 Å². The second kappa shape index (κ2) is 8.06. The maximum absolute atomic E-state index is 12.9. The molecule has 8 heteroatoms. The lowest BCUT2D eigenvalue weighted by molar-refractivity contribution is -0.126. The van der Waals surface area contributed by atoms with Crippen LogP contribution in [-0.2, 0) is 16.1 Å². The van der Waals surface area contributed by atoms with Crippen molar-refractivity contribution in [1.82, 2.24) is 15.3 Å². The van der Waals surface area contributed by atoms with Gasteiger partial charge in [0.2, 0.25) is 17.8 Å². The van der Waals surface area contributed by atoms with Crippen LogP contribution in [0.4, 0.5) is 11.8 Å². The summed E-state index contributed by atoms with van der Waals surface area (Å²) < 4.78 is 0. The van der Waals surface area contributed by atoms with Gasteiger partial charge in [-0.3, -0.25) is 19.4 Å². The molecule has 2 aliphatic heterocycles. The van der Waals surface area contributed by atoms with Gasteiger partial charge in [0.25, 0.3) is 5.56 Å². The molecule has 0 radical (unpaired) electrons. The Balaban J connectivity index is 1.58. The zero-order valence-electron chi connectivity index (χ0n) is 16.4. The molecule has 152 valence electrons. The highest BCUT2D eigenvalue weighted by atomic mass is 16.2. The Morgan fingerprint density at radius 2 is 2.07 bits per heavy atom. The lowest BCUT2D eigenvalue weighted by Gasteiger charge is -2.32. The summed E-state index contributed by atoms with van der Waals surface area (Å²) in [4.78, 5) is 47.2. The van der Waals surface area contributed by atoms with Gasteiger partial charge in [-0.1, -0.05) is 37.3 Å². The molecule has 1 fully saturated rings. The van der Waals surface area contributed by atoms with E-state index in [1.807, 2.05) is 35.2 Å². The minimum atomic E-state index is -0.854. The van der Waals surface area contributed by atoms with E-state index in [-0.39, 0.29) is 35.2 Å². The molecule has 2 amide bonds. The summed E-state index contributed by atoms with van der Waals surface area (Å²) in [7, 11) is 0. The number of H-pyrrole nitrogens is 1.